The standard InChI is InChI=1S/C13H26O2Si/c1-9-12(11(2)10-14-6)15-16(7,8)13(3,4)5/h9-10H,1-8H3. The molecule has 0 spiro atoms. The summed E-state index contributed by atoms with van der Waals surface area (Å²) in [6.07, 6.45) is 3.73. The lowest BCUT2D eigenvalue weighted by Crippen LogP contribution is -2.40. The van der Waals surface area contributed by atoms with Crippen LogP contribution in [-0.2, 0) is 9.16 Å². The van der Waals surface area contributed by atoms with Gasteiger partial charge in [0.05, 0.1) is 13.4 Å². The molecule has 0 unspecified atom stereocenters. The molecule has 16 heavy (non-hydrogen) atoms. The molecule has 0 amide bonds. The van der Waals surface area contributed by atoms with Crippen LogP contribution in [0.15, 0.2) is 23.7 Å². The summed E-state index contributed by atoms with van der Waals surface area (Å²) in [4.78, 5) is 0. The maximum absolute atomic E-state index is 6.22. The molecule has 2 nitrogen and oxygen atoms in total. The molecule has 3 heteroatoms. The quantitative estimate of drug-likeness (QED) is 0.411. The summed E-state index contributed by atoms with van der Waals surface area (Å²) >= 11 is 0. The van der Waals surface area contributed by atoms with Crippen LogP contribution in [0.1, 0.15) is 34.6 Å². The first-order chi connectivity index (χ1) is 7.15. The van der Waals surface area contributed by atoms with Gasteiger partial charge in [-0.1, -0.05) is 20.8 Å². The molecule has 0 aromatic heterocycles. The van der Waals surface area contributed by atoms with E-state index in [1.807, 2.05) is 19.9 Å². The fourth-order valence-electron chi connectivity index (χ4n) is 1.03. The van der Waals surface area contributed by atoms with E-state index in [9.17, 15) is 0 Å². The molecule has 0 rings (SSSR count). The monoisotopic (exact) mass is 242 g/mol. The van der Waals surface area contributed by atoms with E-state index in [0.717, 1.165) is 11.3 Å². The molecular weight excluding hydrogens is 216 g/mol. The van der Waals surface area contributed by atoms with Crippen LogP contribution in [0.4, 0.5) is 0 Å². The van der Waals surface area contributed by atoms with Gasteiger partial charge in [-0.2, -0.15) is 0 Å². The summed E-state index contributed by atoms with van der Waals surface area (Å²) in [7, 11) is -0.0896. The van der Waals surface area contributed by atoms with Gasteiger partial charge in [0.1, 0.15) is 5.76 Å². The summed E-state index contributed by atoms with van der Waals surface area (Å²) in [6, 6.07) is 0. The van der Waals surface area contributed by atoms with Crippen molar-refractivity contribution in [2.75, 3.05) is 7.11 Å². The molecule has 94 valence electrons. The highest BCUT2D eigenvalue weighted by Gasteiger charge is 2.39. The lowest BCUT2D eigenvalue weighted by molar-refractivity contribution is 0.326. The van der Waals surface area contributed by atoms with Crippen LogP contribution in [0.5, 0.6) is 0 Å². The zero-order valence-corrected chi connectivity index (χ0v) is 13.0. The molecule has 0 saturated carbocycles. The van der Waals surface area contributed by atoms with Gasteiger partial charge in [0.25, 0.3) is 0 Å². The molecule has 0 aromatic carbocycles. The Kier molecular flexibility index (Phi) is 5.33. The van der Waals surface area contributed by atoms with Crippen LogP contribution in [0.25, 0.3) is 0 Å². The van der Waals surface area contributed by atoms with Gasteiger partial charge >= 0.3 is 0 Å². The van der Waals surface area contributed by atoms with Gasteiger partial charge in [-0.05, 0) is 38.1 Å². The Hall–Kier alpha value is -0.703. The first-order valence-corrected chi connectivity index (χ1v) is 8.62. The lowest BCUT2D eigenvalue weighted by Gasteiger charge is -2.37. The number of hydrogen-bond donors (Lipinski definition) is 0. The van der Waals surface area contributed by atoms with E-state index in [1.165, 1.54) is 0 Å². The van der Waals surface area contributed by atoms with E-state index >= 15 is 0 Å². The van der Waals surface area contributed by atoms with Gasteiger partial charge in [0, 0.05) is 5.57 Å². The first-order valence-electron chi connectivity index (χ1n) is 5.71. The van der Waals surface area contributed by atoms with Crippen molar-refractivity contribution >= 4 is 8.32 Å². The molecule has 0 radical (unpaired) electrons. The fraction of sp³-hybridized carbons (Fsp3) is 0.692. The van der Waals surface area contributed by atoms with Gasteiger partial charge in [0.2, 0.25) is 8.32 Å². The maximum Gasteiger partial charge on any atom is 0.250 e. The van der Waals surface area contributed by atoms with Gasteiger partial charge in [-0.3, -0.25) is 0 Å². The van der Waals surface area contributed by atoms with E-state index in [4.69, 9.17) is 9.16 Å². The summed E-state index contributed by atoms with van der Waals surface area (Å²) < 4.78 is 11.2. The van der Waals surface area contributed by atoms with E-state index < -0.39 is 8.32 Å². The van der Waals surface area contributed by atoms with Crippen LogP contribution in [0.2, 0.25) is 18.1 Å². The Morgan fingerprint density at radius 1 is 1.19 bits per heavy atom. The molecule has 0 atom stereocenters. The zero-order chi connectivity index (χ0) is 13.0. The van der Waals surface area contributed by atoms with Gasteiger partial charge in [0.15, 0.2) is 0 Å². The molecule has 0 aromatic rings. The highest BCUT2D eigenvalue weighted by molar-refractivity contribution is 6.74. The normalized spacial score (nSPS) is 15.0. The van der Waals surface area contributed by atoms with Crippen molar-refractivity contribution in [2.45, 2.75) is 52.8 Å². The van der Waals surface area contributed by atoms with Crippen LogP contribution < -0.4 is 0 Å². The molecule has 0 heterocycles. The fourth-order valence-corrected chi connectivity index (χ4v) is 2.16. The first kappa shape index (κ1) is 15.3. The smallest absolute Gasteiger partial charge is 0.250 e. The van der Waals surface area contributed by atoms with Crippen molar-refractivity contribution in [3.8, 4) is 0 Å². The predicted octanol–water partition coefficient (Wildman–Crippen LogP) is 4.46. The van der Waals surface area contributed by atoms with Crippen LogP contribution in [-0.4, -0.2) is 15.4 Å². The minimum absolute atomic E-state index is 0.217. The number of methoxy groups -OCH3 is 1. The second-order valence-electron chi connectivity index (χ2n) is 5.55. The molecule has 0 aliphatic heterocycles. The third-order valence-electron chi connectivity index (χ3n) is 3.12. The van der Waals surface area contributed by atoms with Crippen molar-refractivity contribution in [1.82, 2.24) is 0 Å². The Labute approximate surface area is 101 Å². The highest BCUT2D eigenvalue weighted by Crippen LogP contribution is 2.38. The largest absolute Gasteiger partial charge is 0.543 e. The van der Waals surface area contributed by atoms with Gasteiger partial charge < -0.3 is 9.16 Å². The predicted molar refractivity (Wildman–Crippen MR) is 72.8 cm³/mol. The topological polar surface area (TPSA) is 18.5 Å². The van der Waals surface area contributed by atoms with Crippen molar-refractivity contribution in [1.29, 1.82) is 0 Å². The third-order valence-corrected chi connectivity index (χ3v) is 7.46. The Balaban J connectivity index is 4.90. The van der Waals surface area contributed by atoms with E-state index in [-0.39, 0.29) is 5.04 Å². The Morgan fingerprint density at radius 2 is 1.69 bits per heavy atom. The second kappa shape index (κ2) is 5.57. The minimum Gasteiger partial charge on any atom is -0.543 e. The molecule has 0 bridgehead atoms. The van der Waals surface area contributed by atoms with Crippen molar-refractivity contribution in [3.05, 3.63) is 23.7 Å². The Bertz CT molecular complexity index is 283. The summed E-state index contributed by atoms with van der Waals surface area (Å²) in [6.45, 7) is 15.2. The molecule has 0 aliphatic rings. The van der Waals surface area contributed by atoms with Crippen LogP contribution in [0, 0.1) is 0 Å². The average molecular weight is 242 g/mol. The molecule has 0 saturated heterocycles. The number of rotatable bonds is 4. The second-order valence-corrected chi connectivity index (χ2v) is 10.3. The SMILES string of the molecule is CC=C(O[Si](C)(C)C(C)(C)C)C(C)=COC. The number of hydrogen-bond acceptors (Lipinski definition) is 2. The minimum atomic E-state index is -1.75. The van der Waals surface area contributed by atoms with Gasteiger partial charge in [-0.15, -0.1) is 0 Å². The number of allylic oxidation sites excluding steroid dienone is 2. The summed E-state index contributed by atoms with van der Waals surface area (Å²) in [5.41, 5.74) is 1.04. The van der Waals surface area contributed by atoms with Crippen molar-refractivity contribution < 1.29 is 9.16 Å². The Morgan fingerprint density at radius 3 is 2.00 bits per heavy atom. The lowest BCUT2D eigenvalue weighted by atomic mass is 10.2. The molecule has 0 N–H and O–H groups in total. The van der Waals surface area contributed by atoms with E-state index in [1.54, 1.807) is 13.4 Å². The summed E-state index contributed by atoms with van der Waals surface area (Å²) in [5.74, 6) is 0.938. The van der Waals surface area contributed by atoms with Crippen molar-refractivity contribution in [2.24, 2.45) is 0 Å². The van der Waals surface area contributed by atoms with Crippen LogP contribution >= 0.6 is 0 Å². The maximum atomic E-state index is 6.22. The highest BCUT2D eigenvalue weighted by atomic mass is 28.4. The molecular formula is C13H26O2Si. The number of ether oxygens (including phenoxy) is 1. The molecule has 0 fully saturated rings. The van der Waals surface area contributed by atoms with Gasteiger partial charge in [-0.25, -0.2) is 0 Å². The van der Waals surface area contributed by atoms with E-state index in [2.05, 4.69) is 33.9 Å². The van der Waals surface area contributed by atoms with E-state index in [0.29, 0.717) is 0 Å². The zero-order valence-electron chi connectivity index (χ0n) is 12.0. The third kappa shape index (κ3) is 4.04. The summed E-state index contributed by atoms with van der Waals surface area (Å²) in [5, 5.41) is 0.217. The van der Waals surface area contributed by atoms with Crippen LogP contribution in [0.3, 0.4) is 0 Å². The van der Waals surface area contributed by atoms with Crippen molar-refractivity contribution in [3.63, 3.8) is 0 Å². The molecule has 0 aliphatic carbocycles. The average Bonchev–Trinajstić information content (AvgIpc) is 2.12.